The summed E-state index contributed by atoms with van der Waals surface area (Å²) in [6.45, 7) is 5.39. The fourth-order valence-electron chi connectivity index (χ4n) is 2.22. The highest BCUT2D eigenvalue weighted by Gasteiger charge is 2.11. The van der Waals surface area contributed by atoms with Crippen molar-refractivity contribution in [3.8, 4) is 10.6 Å². The quantitative estimate of drug-likeness (QED) is 0.565. The van der Waals surface area contributed by atoms with Gasteiger partial charge < -0.3 is 4.57 Å². The van der Waals surface area contributed by atoms with Crippen LogP contribution < -0.4 is 4.80 Å². The first-order valence-corrected chi connectivity index (χ1v) is 9.24. The lowest BCUT2D eigenvalue weighted by Gasteiger charge is -2.10. The van der Waals surface area contributed by atoms with Crippen molar-refractivity contribution in [1.29, 1.82) is 0 Å². The van der Waals surface area contributed by atoms with Gasteiger partial charge >= 0.3 is 0 Å². The van der Waals surface area contributed by atoms with E-state index in [1.165, 1.54) is 10.6 Å². The van der Waals surface area contributed by atoms with Gasteiger partial charge in [-0.1, -0.05) is 43.6 Å². The Morgan fingerprint density at radius 3 is 2.55 bits per heavy atom. The number of halogens is 1. The van der Waals surface area contributed by atoms with E-state index in [9.17, 15) is 0 Å². The van der Waals surface area contributed by atoms with Crippen LogP contribution in [-0.2, 0) is 6.54 Å². The first kappa shape index (κ1) is 15.5. The molecule has 2 aromatic heterocycles. The molecule has 2 nitrogen and oxygen atoms in total. The van der Waals surface area contributed by atoms with Crippen LogP contribution in [-0.4, -0.2) is 4.57 Å². The smallest absolute Gasteiger partial charge is 0.190 e. The Hall–Kier alpha value is -1.36. The maximum absolute atomic E-state index is 6.09. The Balaban J connectivity index is 2.11. The lowest BCUT2D eigenvalue weighted by Crippen LogP contribution is -2.18. The number of hydrogen-bond acceptors (Lipinski definition) is 3. The highest BCUT2D eigenvalue weighted by atomic mass is 35.5. The van der Waals surface area contributed by atoms with Gasteiger partial charge in [0.1, 0.15) is 0 Å². The van der Waals surface area contributed by atoms with Crippen molar-refractivity contribution in [1.82, 2.24) is 4.57 Å². The average molecular weight is 349 g/mol. The summed E-state index contributed by atoms with van der Waals surface area (Å²) in [4.78, 5) is 7.02. The lowest BCUT2D eigenvalue weighted by atomic mass is 10.2. The van der Waals surface area contributed by atoms with Crippen LogP contribution in [0.5, 0.6) is 0 Å². The van der Waals surface area contributed by atoms with Crippen molar-refractivity contribution in [2.24, 2.45) is 10.9 Å². The highest BCUT2D eigenvalue weighted by molar-refractivity contribution is 7.19. The number of para-hydroxylation sites is 1. The number of nitrogens with zero attached hydrogens (tertiary/aromatic N) is 2. The van der Waals surface area contributed by atoms with E-state index < -0.39 is 0 Å². The van der Waals surface area contributed by atoms with E-state index in [-0.39, 0.29) is 0 Å². The Morgan fingerprint density at radius 2 is 1.91 bits per heavy atom. The third kappa shape index (κ3) is 3.51. The molecule has 22 heavy (non-hydrogen) atoms. The SMILES string of the molecule is CC(C)Cn1c(-c2ccc(Cl)s2)csc1=Nc1ccccc1. The minimum absolute atomic E-state index is 0.554. The summed E-state index contributed by atoms with van der Waals surface area (Å²) in [5, 5.41) is 2.17. The van der Waals surface area contributed by atoms with Crippen molar-refractivity contribution in [3.63, 3.8) is 0 Å². The average Bonchev–Trinajstić information content (AvgIpc) is 3.07. The molecule has 0 aliphatic heterocycles. The molecular weight excluding hydrogens is 332 g/mol. The number of thiazole rings is 1. The molecule has 0 saturated heterocycles. The van der Waals surface area contributed by atoms with Crippen molar-refractivity contribution in [2.75, 3.05) is 0 Å². The molecule has 114 valence electrons. The molecule has 3 aromatic rings. The number of hydrogen-bond donors (Lipinski definition) is 0. The van der Waals surface area contributed by atoms with Crippen LogP contribution in [0.25, 0.3) is 10.6 Å². The molecule has 3 rings (SSSR count). The number of aromatic nitrogens is 1. The summed E-state index contributed by atoms with van der Waals surface area (Å²) in [6.07, 6.45) is 0. The topological polar surface area (TPSA) is 17.3 Å². The monoisotopic (exact) mass is 348 g/mol. The van der Waals surface area contributed by atoms with Crippen molar-refractivity contribution >= 4 is 40.0 Å². The minimum Gasteiger partial charge on any atom is -0.315 e. The molecule has 0 fully saturated rings. The Bertz CT molecular complexity index is 813. The van der Waals surface area contributed by atoms with Gasteiger partial charge in [0.05, 0.1) is 20.6 Å². The summed E-state index contributed by atoms with van der Waals surface area (Å²) in [7, 11) is 0. The molecule has 0 amide bonds. The van der Waals surface area contributed by atoms with Gasteiger partial charge in [-0.2, -0.15) is 0 Å². The maximum Gasteiger partial charge on any atom is 0.190 e. The second kappa shape index (κ2) is 6.82. The van der Waals surface area contributed by atoms with E-state index in [0.717, 1.165) is 21.4 Å². The second-order valence-corrected chi connectivity index (χ2v) is 8.01. The first-order chi connectivity index (χ1) is 10.6. The molecule has 0 bridgehead atoms. The van der Waals surface area contributed by atoms with E-state index in [1.54, 1.807) is 22.7 Å². The van der Waals surface area contributed by atoms with Crippen LogP contribution >= 0.6 is 34.3 Å². The van der Waals surface area contributed by atoms with Crippen LogP contribution in [0.3, 0.4) is 0 Å². The molecule has 0 saturated carbocycles. The standard InChI is InChI=1S/C17H17ClN2S2/c1-12(2)10-20-14(15-8-9-16(18)22-15)11-21-17(20)19-13-6-4-3-5-7-13/h3-9,11-12H,10H2,1-2H3. The molecule has 0 aliphatic rings. The van der Waals surface area contributed by atoms with E-state index in [0.29, 0.717) is 5.92 Å². The summed E-state index contributed by atoms with van der Waals surface area (Å²) < 4.78 is 3.11. The molecule has 1 aromatic carbocycles. The molecule has 0 aliphatic carbocycles. The van der Waals surface area contributed by atoms with E-state index in [4.69, 9.17) is 16.6 Å². The van der Waals surface area contributed by atoms with Gasteiger partial charge in [0.2, 0.25) is 0 Å². The first-order valence-electron chi connectivity index (χ1n) is 7.17. The van der Waals surface area contributed by atoms with Crippen LogP contribution in [0.1, 0.15) is 13.8 Å². The maximum atomic E-state index is 6.09. The van der Waals surface area contributed by atoms with Crippen molar-refractivity contribution in [3.05, 3.63) is 57.0 Å². The van der Waals surface area contributed by atoms with Crippen LogP contribution in [0.2, 0.25) is 4.34 Å². The summed E-state index contributed by atoms with van der Waals surface area (Å²) in [5.74, 6) is 0.554. The minimum atomic E-state index is 0.554. The van der Waals surface area contributed by atoms with Crippen LogP contribution in [0.15, 0.2) is 52.8 Å². The molecule has 0 unspecified atom stereocenters. The number of benzene rings is 1. The lowest BCUT2D eigenvalue weighted by molar-refractivity contribution is 0.518. The van der Waals surface area contributed by atoms with Crippen LogP contribution in [0.4, 0.5) is 5.69 Å². The van der Waals surface area contributed by atoms with E-state index >= 15 is 0 Å². The third-order valence-corrected chi connectivity index (χ3v) is 5.27. The van der Waals surface area contributed by atoms with E-state index in [1.807, 2.05) is 36.4 Å². The fourth-order valence-corrected chi connectivity index (χ4v) is 4.30. The van der Waals surface area contributed by atoms with Gasteiger partial charge in [0.15, 0.2) is 4.80 Å². The molecule has 2 heterocycles. The molecule has 5 heteroatoms. The van der Waals surface area contributed by atoms with Crippen molar-refractivity contribution < 1.29 is 0 Å². The zero-order valence-electron chi connectivity index (χ0n) is 12.5. The fraction of sp³-hybridized carbons (Fsp3) is 0.235. The van der Waals surface area contributed by atoms with Gasteiger partial charge in [-0.05, 0) is 30.2 Å². The van der Waals surface area contributed by atoms with Gasteiger partial charge in [-0.3, -0.25) is 0 Å². The predicted octanol–water partition coefficient (Wildman–Crippen LogP) is 5.82. The molecule has 0 atom stereocenters. The third-order valence-electron chi connectivity index (χ3n) is 3.15. The van der Waals surface area contributed by atoms with Gasteiger partial charge in [-0.25, -0.2) is 4.99 Å². The van der Waals surface area contributed by atoms with Crippen LogP contribution in [0, 0.1) is 5.92 Å². The largest absolute Gasteiger partial charge is 0.315 e. The summed E-state index contributed by atoms with van der Waals surface area (Å²) in [6, 6.07) is 14.1. The predicted molar refractivity (Wildman–Crippen MR) is 97.1 cm³/mol. The normalized spacial score (nSPS) is 12.3. The Morgan fingerprint density at radius 1 is 1.14 bits per heavy atom. The summed E-state index contributed by atoms with van der Waals surface area (Å²) >= 11 is 9.38. The van der Waals surface area contributed by atoms with E-state index in [2.05, 4.69) is 29.9 Å². The Kier molecular flexibility index (Phi) is 4.81. The zero-order valence-corrected chi connectivity index (χ0v) is 14.9. The Labute approximate surface area is 143 Å². The number of thiophene rings is 1. The second-order valence-electron chi connectivity index (χ2n) is 5.46. The van der Waals surface area contributed by atoms with Gasteiger partial charge in [0.25, 0.3) is 0 Å². The molecule has 0 radical (unpaired) electrons. The molecule has 0 spiro atoms. The highest BCUT2D eigenvalue weighted by Crippen LogP contribution is 2.31. The summed E-state index contributed by atoms with van der Waals surface area (Å²) in [5.41, 5.74) is 2.18. The van der Waals surface area contributed by atoms with Gasteiger partial charge in [-0.15, -0.1) is 22.7 Å². The van der Waals surface area contributed by atoms with Crippen molar-refractivity contribution in [2.45, 2.75) is 20.4 Å². The molecule has 0 N–H and O–H groups in total. The number of rotatable bonds is 4. The zero-order chi connectivity index (χ0) is 15.5. The van der Waals surface area contributed by atoms with Gasteiger partial charge in [0, 0.05) is 11.9 Å². The molecular formula is C17H17ClN2S2.